The summed E-state index contributed by atoms with van der Waals surface area (Å²) in [5, 5.41) is 3.46. The minimum atomic E-state index is 0.416. The van der Waals surface area contributed by atoms with Crippen LogP contribution in [0.25, 0.3) is 0 Å². The molecule has 1 saturated heterocycles. The maximum Gasteiger partial charge on any atom is 0.122 e. The molecule has 4 nitrogen and oxygen atoms in total. The molecule has 1 fully saturated rings. The molecule has 1 aromatic rings. The van der Waals surface area contributed by atoms with E-state index in [-0.39, 0.29) is 0 Å². The van der Waals surface area contributed by atoms with E-state index >= 15 is 0 Å². The van der Waals surface area contributed by atoms with E-state index in [0.717, 1.165) is 45.1 Å². The van der Waals surface area contributed by atoms with Gasteiger partial charge in [0.1, 0.15) is 5.76 Å². The predicted octanol–water partition coefficient (Wildman–Crippen LogP) is 3.03. The Bertz CT molecular complexity index is 397. The fourth-order valence-corrected chi connectivity index (χ4v) is 2.76. The van der Waals surface area contributed by atoms with E-state index in [1.165, 1.54) is 18.4 Å². The summed E-state index contributed by atoms with van der Waals surface area (Å²) in [6.45, 7) is 12.4. The van der Waals surface area contributed by atoms with Crippen LogP contribution >= 0.6 is 0 Å². The third kappa shape index (κ3) is 5.46. The molecule has 0 bridgehead atoms. The Hall–Kier alpha value is -0.840. The van der Waals surface area contributed by atoms with Gasteiger partial charge in [0.15, 0.2) is 0 Å². The van der Waals surface area contributed by atoms with E-state index in [4.69, 9.17) is 9.15 Å². The molecule has 1 aliphatic rings. The van der Waals surface area contributed by atoms with Gasteiger partial charge in [0.2, 0.25) is 0 Å². The summed E-state index contributed by atoms with van der Waals surface area (Å²) >= 11 is 0. The van der Waals surface area contributed by atoms with Crippen molar-refractivity contribution in [1.82, 2.24) is 10.2 Å². The third-order valence-electron chi connectivity index (χ3n) is 4.00. The van der Waals surface area contributed by atoms with Crippen LogP contribution in [0.2, 0.25) is 0 Å². The molecule has 2 heterocycles. The van der Waals surface area contributed by atoms with Crippen molar-refractivity contribution in [1.29, 1.82) is 0 Å². The monoisotopic (exact) mass is 294 g/mol. The molecule has 0 aliphatic carbocycles. The summed E-state index contributed by atoms with van der Waals surface area (Å²) in [5.41, 5.74) is 1.30. The molecule has 1 N–H and O–H groups in total. The fraction of sp³-hybridized carbons (Fsp3) is 0.765. The molecule has 1 unspecified atom stereocenters. The van der Waals surface area contributed by atoms with Crippen molar-refractivity contribution >= 4 is 0 Å². The zero-order valence-corrected chi connectivity index (χ0v) is 13.7. The van der Waals surface area contributed by atoms with Crippen molar-refractivity contribution in [2.75, 3.05) is 26.2 Å². The van der Waals surface area contributed by atoms with Crippen molar-refractivity contribution in [3.8, 4) is 0 Å². The Balaban J connectivity index is 1.83. The highest BCUT2D eigenvalue weighted by atomic mass is 16.5. The molecule has 0 amide bonds. The van der Waals surface area contributed by atoms with Gasteiger partial charge in [0.25, 0.3) is 0 Å². The lowest BCUT2D eigenvalue weighted by atomic mass is 10.2. The number of ether oxygens (including phenoxy) is 1. The molecule has 1 aromatic heterocycles. The summed E-state index contributed by atoms with van der Waals surface area (Å²) in [6.07, 6.45) is 4.63. The summed E-state index contributed by atoms with van der Waals surface area (Å²) in [6, 6.07) is 2.10. The van der Waals surface area contributed by atoms with Crippen LogP contribution in [-0.4, -0.2) is 37.2 Å². The van der Waals surface area contributed by atoms with Crippen molar-refractivity contribution in [3.63, 3.8) is 0 Å². The molecule has 0 spiro atoms. The lowest BCUT2D eigenvalue weighted by Crippen LogP contribution is -2.32. The minimum absolute atomic E-state index is 0.416. The first-order valence-electron chi connectivity index (χ1n) is 8.29. The highest BCUT2D eigenvalue weighted by molar-refractivity contribution is 5.16. The van der Waals surface area contributed by atoms with Gasteiger partial charge in [-0.05, 0) is 37.9 Å². The van der Waals surface area contributed by atoms with Crippen molar-refractivity contribution in [2.24, 2.45) is 5.92 Å². The van der Waals surface area contributed by atoms with Crippen molar-refractivity contribution in [2.45, 2.75) is 52.8 Å². The van der Waals surface area contributed by atoms with E-state index in [0.29, 0.717) is 12.0 Å². The molecule has 21 heavy (non-hydrogen) atoms. The molecule has 2 rings (SSSR count). The van der Waals surface area contributed by atoms with Gasteiger partial charge in [-0.25, -0.2) is 0 Å². The Morgan fingerprint density at radius 1 is 1.43 bits per heavy atom. The van der Waals surface area contributed by atoms with Gasteiger partial charge < -0.3 is 14.5 Å². The van der Waals surface area contributed by atoms with Crippen LogP contribution < -0.4 is 5.32 Å². The lowest BCUT2D eigenvalue weighted by molar-refractivity contribution is 0.0723. The third-order valence-corrected chi connectivity index (χ3v) is 4.00. The van der Waals surface area contributed by atoms with Gasteiger partial charge in [-0.15, -0.1) is 0 Å². The SMILES string of the molecule is CCN(Cc1ccoc1CNCC(C)C)CC1CCCO1. The summed E-state index contributed by atoms with van der Waals surface area (Å²) in [4.78, 5) is 2.45. The minimum Gasteiger partial charge on any atom is -0.468 e. The van der Waals surface area contributed by atoms with E-state index < -0.39 is 0 Å². The van der Waals surface area contributed by atoms with Crippen molar-refractivity contribution < 1.29 is 9.15 Å². The molecular weight excluding hydrogens is 264 g/mol. The van der Waals surface area contributed by atoms with Crippen LogP contribution in [0.1, 0.15) is 44.9 Å². The molecular formula is C17H30N2O2. The Kier molecular flexibility index (Phi) is 6.74. The highest BCUT2D eigenvalue weighted by Crippen LogP contribution is 2.17. The maximum atomic E-state index is 5.75. The zero-order valence-electron chi connectivity index (χ0n) is 13.7. The van der Waals surface area contributed by atoms with Crippen LogP contribution in [-0.2, 0) is 17.8 Å². The number of likely N-dealkylation sites (N-methyl/N-ethyl adjacent to an activating group) is 1. The summed E-state index contributed by atoms with van der Waals surface area (Å²) < 4.78 is 11.4. The molecule has 0 radical (unpaired) electrons. The number of nitrogens with one attached hydrogen (secondary N) is 1. The average Bonchev–Trinajstić information content (AvgIpc) is 3.10. The summed E-state index contributed by atoms with van der Waals surface area (Å²) in [5.74, 6) is 1.73. The van der Waals surface area contributed by atoms with Crippen LogP contribution in [0, 0.1) is 5.92 Å². The average molecular weight is 294 g/mol. The van der Waals surface area contributed by atoms with Gasteiger partial charge in [-0.1, -0.05) is 20.8 Å². The second-order valence-corrected chi connectivity index (χ2v) is 6.36. The first-order valence-corrected chi connectivity index (χ1v) is 8.29. The van der Waals surface area contributed by atoms with E-state index in [1.807, 2.05) is 6.26 Å². The van der Waals surface area contributed by atoms with Gasteiger partial charge in [0, 0.05) is 25.3 Å². The van der Waals surface area contributed by atoms with Crippen LogP contribution in [0.3, 0.4) is 0 Å². The highest BCUT2D eigenvalue weighted by Gasteiger charge is 2.19. The predicted molar refractivity (Wildman–Crippen MR) is 85.2 cm³/mol. The molecule has 0 aromatic carbocycles. The maximum absolute atomic E-state index is 5.75. The number of furan rings is 1. The molecule has 4 heteroatoms. The lowest BCUT2D eigenvalue weighted by Gasteiger charge is -2.23. The molecule has 0 saturated carbocycles. The summed E-state index contributed by atoms with van der Waals surface area (Å²) in [7, 11) is 0. The smallest absolute Gasteiger partial charge is 0.122 e. The van der Waals surface area contributed by atoms with Crippen molar-refractivity contribution in [3.05, 3.63) is 23.7 Å². The number of hydrogen-bond donors (Lipinski definition) is 1. The normalized spacial score (nSPS) is 19.0. The van der Waals surface area contributed by atoms with Gasteiger partial charge in [-0.3, -0.25) is 4.90 Å². The number of hydrogen-bond acceptors (Lipinski definition) is 4. The molecule has 1 aliphatic heterocycles. The Labute approximate surface area is 128 Å². The second kappa shape index (κ2) is 8.57. The van der Waals surface area contributed by atoms with Crippen LogP contribution in [0.5, 0.6) is 0 Å². The number of rotatable bonds is 9. The zero-order chi connectivity index (χ0) is 15.1. The van der Waals surface area contributed by atoms with E-state index in [1.54, 1.807) is 0 Å². The van der Waals surface area contributed by atoms with E-state index in [9.17, 15) is 0 Å². The Morgan fingerprint density at radius 2 is 2.29 bits per heavy atom. The van der Waals surface area contributed by atoms with Gasteiger partial charge >= 0.3 is 0 Å². The van der Waals surface area contributed by atoms with E-state index in [2.05, 4.69) is 37.1 Å². The second-order valence-electron chi connectivity index (χ2n) is 6.36. The van der Waals surface area contributed by atoms with Crippen LogP contribution in [0.4, 0.5) is 0 Å². The van der Waals surface area contributed by atoms with Crippen LogP contribution in [0.15, 0.2) is 16.7 Å². The number of nitrogens with zero attached hydrogens (tertiary/aromatic N) is 1. The van der Waals surface area contributed by atoms with Gasteiger partial charge in [0.05, 0.1) is 18.9 Å². The molecule has 120 valence electrons. The van der Waals surface area contributed by atoms with Gasteiger partial charge in [-0.2, -0.15) is 0 Å². The molecule has 1 atom stereocenters. The Morgan fingerprint density at radius 3 is 2.95 bits per heavy atom. The first kappa shape index (κ1) is 16.5. The standard InChI is InChI=1S/C17H30N2O2/c1-4-19(13-16-6-5-8-20-16)12-15-7-9-21-17(15)11-18-10-14(2)3/h7,9,14,16,18H,4-6,8,10-13H2,1-3H3. The largest absolute Gasteiger partial charge is 0.468 e. The topological polar surface area (TPSA) is 37.6 Å². The fourth-order valence-electron chi connectivity index (χ4n) is 2.76. The first-order chi connectivity index (χ1) is 10.2. The quantitative estimate of drug-likeness (QED) is 0.759.